The molecular weight excluding hydrogens is 325 g/mol. The summed E-state index contributed by atoms with van der Waals surface area (Å²) in [4.78, 5) is 15.0. The fraction of sp³-hybridized carbons (Fsp3) is 0.0625. The molecule has 3 rings (SSSR count). The van der Waals surface area contributed by atoms with Crippen LogP contribution in [0.2, 0.25) is 10.0 Å². The van der Waals surface area contributed by atoms with Crippen molar-refractivity contribution in [1.82, 2.24) is 4.98 Å². The third-order valence-corrected chi connectivity index (χ3v) is 4.04. The van der Waals surface area contributed by atoms with E-state index in [0.29, 0.717) is 10.9 Å². The summed E-state index contributed by atoms with van der Waals surface area (Å²) in [6.07, 6.45) is 0. The number of benzene rings is 2. The average Bonchev–Trinajstić information content (AvgIpc) is 2.50. The predicted octanol–water partition coefficient (Wildman–Crippen LogP) is 4.22. The highest BCUT2D eigenvalue weighted by Gasteiger charge is 2.19. The van der Waals surface area contributed by atoms with Crippen LogP contribution in [0, 0.1) is 0 Å². The maximum atomic E-state index is 12.3. The lowest BCUT2D eigenvalue weighted by atomic mass is 10.0. The molecule has 0 fully saturated rings. The highest BCUT2D eigenvalue weighted by Crippen LogP contribution is 2.42. The zero-order valence-corrected chi connectivity index (χ0v) is 13.0. The molecule has 112 valence electrons. The van der Waals surface area contributed by atoms with Gasteiger partial charge in [-0.25, -0.2) is 0 Å². The standard InChI is InChI=1S/C16H11Cl2NO3/c1-22-15-10(17)7-9-13(12(15)18)19-16(21)11(14(9)20)8-5-3-2-4-6-8/h2-7H,1H3,(H2,19,20,21). The largest absolute Gasteiger partial charge is 0.506 e. The molecule has 0 saturated heterocycles. The lowest BCUT2D eigenvalue weighted by Crippen LogP contribution is -2.10. The maximum absolute atomic E-state index is 12.3. The predicted molar refractivity (Wildman–Crippen MR) is 88.2 cm³/mol. The van der Waals surface area contributed by atoms with Crippen molar-refractivity contribution in [3.05, 3.63) is 56.8 Å². The Balaban J connectivity index is 2.43. The number of nitrogens with one attached hydrogen (secondary N) is 1. The van der Waals surface area contributed by atoms with Crippen LogP contribution < -0.4 is 10.3 Å². The Hall–Kier alpha value is -2.17. The summed E-state index contributed by atoms with van der Waals surface area (Å²) in [5, 5.41) is 11.3. The van der Waals surface area contributed by atoms with Crippen molar-refractivity contribution in [2.24, 2.45) is 0 Å². The van der Waals surface area contributed by atoms with E-state index in [1.807, 2.05) is 6.07 Å². The minimum absolute atomic E-state index is 0.150. The number of aromatic hydroxyl groups is 1. The van der Waals surface area contributed by atoms with Gasteiger partial charge in [-0.2, -0.15) is 0 Å². The fourth-order valence-corrected chi connectivity index (χ4v) is 3.05. The molecule has 0 amide bonds. The normalized spacial score (nSPS) is 10.9. The molecule has 0 saturated carbocycles. The van der Waals surface area contributed by atoms with Gasteiger partial charge in [0.2, 0.25) is 0 Å². The van der Waals surface area contributed by atoms with Crippen LogP contribution in [0.15, 0.2) is 41.2 Å². The van der Waals surface area contributed by atoms with E-state index in [1.54, 1.807) is 24.3 Å². The molecule has 1 aromatic heterocycles. The number of hydrogen-bond acceptors (Lipinski definition) is 3. The Bertz CT molecular complexity index is 920. The molecular formula is C16H11Cl2NO3. The summed E-state index contributed by atoms with van der Waals surface area (Å²) < 4.78 is 5.11. The van der Waals surface area contributed by atoms with Crippen molar-refractivity contribution in [3.63, 3.8) is 0 Å². The van der Waals surface area contributed by atoms with Gasteiger partial charge in [0, 0.05) is 5.39 Å². The van der Waals surface area contributed by atoms with Gasteiger partial charge < -0.3 is 14.8 Å². The van der Waals surface area contributed by atoms with E-state index in [2.05, 4.69) is 4.98 Å². The van der Waals surface area contributed by atoms with Gasteiger partial charge in [0.1, 0.15) is 10.8 Å². The first-order chi connectivity index (χ1) is 10.5. The summed E-state index contributed by atoms with van der Waals surface area (Å²) in [6.45, 7) is 0. The number of H-pyrrole nitrogens is 1. The molecule has 6 heteroatoms. The zero-order chi connectivity index (χ0) is 15.9. The lowest BCUT2D eigenvalue weighted by molar-refractivity contribution is 0.415. The second-order valence-corrected chi connectivity index (χ2v) is 5.46. The summed E-state index contributed by atoms with van der Waals surface area (Å²) >= 11 is 12.3. The van der Waals surface area contributed by atoms with Gasteiger partial charge in [-0.1, -0.05) is 53.5 Å². The highest BCUT2D eigenvalue weighted by molar-refractivity contribution is 6.41. The smallest absolute Gasteiger partial charge is 0.260 e. The van der Waals surface area contributed by atoms with Gasteiger partial charge in [-0.3, -0.25) is 4.79 Å². The number of rotatable bonds is 2. The van der Waals surface area contributed by atoms with E-state index in [4.69, 9.17) is 27.9 Å². The van der Waals surface area contributed by atoms with Crippen molar-refractivity contribution in [2.45, 2.75) is 0 Å². The molecule has 3 aromatic rings. The Labute approximate surface area is 135 Å². The first kappa shape index (κ1) is 14.8. The van der Waals surface area contributed by atoms with Gasteiger partial charge in [-0.15, -0.1) is 0 Å². The quantitative estimate of drug-likeness (QED) is 0.737. The third kappa shape index (κ3) is 2.21. The summed E-state index contributed by atoms with van der Waals surface area (Å²) in [6, 6.07) is 10.4. The molecule has 0 unspecified atom stereocenters. The van der Waals surface area contributed by atoms with Gasteiger partial charge >= 0.3 is 0 Å². The second-order valence-electron chi connectivity index (χ2n) is 4.67. The van der Waals surface area contributed by atoms with E-state index in [-0.39, 0.29) is 32.6 Å². The highest BCUT2D eigenvalue weighted by atomic mass is 35.5. The monoisotopic (exact) mass is 335 g/mol. The van der Waals surface area contributed by atoms with Crippen LogP contribution in [-0.4, -0.2) is 17.2 Å². The Morgan fingerprint density at radius 1 is 1.18 bits per heavy atom. The molecule has 0 bridgehead atoms. The van der Waals surface area contributed by atoms with Crippen LogP contribution in [0.3, 0.4) is 0 Å². The summed E-state index contributed by atoms with van der Waals surface area (Å²) in [5.74, 6) is 0.0785. The molecule has 0 spiro atoms. The molecule has 4 nitrogen and oxygen atoms in total. The molecule has 0 atom stereocenters. The van der Waals surface area contributed by atoms with Gasteiger partial charge in [0.15, 0.2) is 5.75 Å². The number of ether oxygens (including phenoxy) is 1. The molecule has 0 aliphatic rings. The van der Waals surface area contributed by atoms with Crippen LogP contribution in [-0.2, 0) is 0 Å². The molecule has 0 aliphatic heterocycles. The Morgan fingerprint density at radius 2 is 1.86 bits per heavy atom. The summed E-state index contributed by atoms with van der Waals surface area (Å²) in [7, 11) is 1.43. The van der Waals surface area contributed by atoms with Crippen LogP contribution >= 0.6 is 23.2 Å². The zero-order valence-electron chi connectivity index (χ0n) is 11.5. The number of fused-ring (bicyclic) bond motifs is 1. The average molecular weight is 336 g/mol. The SMILES string of the molecule is COc1c(Cl)cc2c(O)c(-c3ccccc3)c(=O)[nH]c2c1Cl. The number of halogens is 2. The van der Waals surface area contributed by atoms with Crippen LogP contribution in [0.5, 0.6) is 11.5 Å². The minimum Gasteiger partial charge on any atom is -0.506 e. The van der Waals surface area contributed by atoms with Crippen LogP contribution in [0.25, 0.3) is 22.0 Å². The summed E-state index contributed by atoms with van der Waals surface area (Å²) in [5.41, 5.74) is 0.615. The number of methoxy groups -OCH3 is 1. The van der Waals surface area contributed by atoms with Crippen LogP contribution in [0.1, 0.15) is 0 Å². The number of hydrogen-bond donors (Lipinski definition) is 2. The molecule has 1 heterocycles. The first-order valence-electron chi connectivity index (χ1n) is 6.41. The number of aromatic amines is 1. The molecule has 2 aromatic carbocycles. The molecule has 22 heavy (non-hydrogen) atoms. The van der Waals surface area contributed by atoms with Gasteiger partial charge in [0.25, 0.3) is 5.56 Å². The topological polar surface area (TPSA) is 62.3 Å². The fourth-order valence-electron chi connectivity index (χ4n) is 2.39. The Morgan fingerprint density at radius 3 is 2.50 bits per heavy atom. The van der Waals surface area contributed by atoms with Crippen molar-refractivity contribution >= 4 is 34.1 Å². The van der Waals surface area contributed by atoms with E-state index < -0.39 is 5.56 Å². The van der Waals surface area contributed by atoms with E-state index in [0.717, 1.165) is 0 Å². The lowest BCUT2D eigenvalue weighted by Gasteiger charge is -2.12. The number of pyridine rings is 1. The molecule has 2 N–H and O–H groups in total. The second kappa shape index (κ2) is 5.55. The Kier molecular flexibility index (Phi) is 3.72. The minimum atomic E-state index is -0.442. The van der Waals surface area contributed by atoms with E-state index in [1.165, 1.54) is 13.2 Å². The third-order valence-electron chi connectivity index (χ3n) is 3.40. The molecule has 0 aliphatic carbocycles. The molecule has 0 radical (unpaired) electrons. The van der Waals surface area contributed by atoms with Crippen molar-refractivity contribution in [1.29, 1.82) is 0 Å². The van der Waals surface area contributed by atoms with Gasteiger partial charge in [0.05, 0.1) is 23.2 Å². The number of aromatic nitrogens is 1. The van der Waals surface area contributed by atoms with Crippen molar-refractivity contribution < 1.29 is 9.84 Å². The van der Waals surface area contributed by atoms with E-state index >= 15 is 0 Å². The van der Waals surface area contributed by atoms with Crippen molar-refractivity contribution in [2.75, 3.05) is 7.11 Å². The first-order valence-corrected chi connectivity index (χ1v) is 7.16. The van der Waals surface area contributed by atoms with Gasteiger partial charge in [-0.05, 0) is 11.6 Å². The van der Waals surface area contributed by atoms with Crippen LogP contribution in [0.4, 0.5) is 0 Å². The maximum Gasteiger partial charge on any atom is 0.260 e. The van der Waals surface area contributed by atoms with E-state index in [9.17, 15) is 9.90 Å². The van der Waals surface area contributed by atoms with Crippen molar-refractivity contribution in [3.8, 4) is 22.6 Å².